The molecule has 1 aromatic carbocycles. The molecule has 1 unspecified atom stereocenters. The molecule has 22 heavy (non-hydrogen) atoms. The van der Waals surface area contributed by atoms with Crippen molar-refractivity contribution in [2.75, 3.05) is 19.7 Å². The fourth-order valence-electron chi connectivity index (χ4n) is 2.29. The van der Waals surface area contributed by atoms with Gasteiger partial charge in [0.1, 0.15) is 11.6 Å². The standard InChI is InChI=1S/C16H24F2N2O2/c1-4-7-20(8-9-21)16(22)19-15(11(2)3)13-6-5-12(17)10-14(13)18/h5-6,10-11,15,21H,4,7-9H2,1-3H3,(H,19,22). The Hall–Kier alpha value is -1.69. The molecule has 0 aliphatic rings. The van der Waals surface area contributed by atoms with Crippen LogP contribution in [0.3, 0.4) is 0 Å². The molecule has 1 aromatic rings. The lowest BCUT2D eigenvalue weighted by atomic mass is 9.95. The van der Waals surface area contributed by atoms with Crippen LogP contribution in [0.4, 0.5) is 13.6 Å². The van der Waals surface area contributed by atoms with Crippen LogP contribution in [0.1, 0.15) is 38.8 Å². The van der Waals surface area contributed by atoms with E-state index < -0.39 is 17.7 Å². The van der Waals surface area contributed by atoms with Crippen molar-refractivity contribution in [2.24, 2.45) is 5.92 Å². The van der Waals surface area contributed by atoms with Crippen LogP contribution in [0, 0.1) is 17.6 Å². The number of hydrogen-bond acceptors (Lipinski definition) is 2. The van der Waals surface area contributed by atoms with Crippen LogP contribution in [0.25, 0.3) is 0 Å². The number of halogens is 2. The average molecular weight is 314 g/mol. The second-order valence-corrected chi connectivity index (χ2v) is 5.55. The van der Waals surface area contributed by atoms with Gasteiger partial charge in [-0.3, -0.25) is 0 Å². The van der Waals surface area contributed by atoms with Gasteiger partial charge in [-0.2, -0.15) is 0 Å². The highest BCUT2D eigenvalue weighted by Gasteiger charge is 2.24. The smallest absolute Gasteiger partial charge is 0.317 e. The molecule has 0 heterocycles. The molecule has 0 aliphatic carbocycles. The third-order valence-electron chi connectivity index (χ3n) is 3.39. The molecular weight excluding hydrogens is 290 g/mol. The highest BCUT2D eigenvalue weighted by atomic mass is 19.1. The molecule has 0 radical (unpaired) electrons. The first-order valence-electron chi connectivity index (χ1n) is 7.51. The summed E-state index contributed by atoms with van der Waals surface area (Å²) >= 11 is 0. The predicted molar refractivity (Wildman–Crippen MR) is 81.4 cm³/mol. The molecule has 1 atom stereocenters. The third-order valence-corrected chi connectivity index (χ3v) is 3.39. The molecule has 4 nitrogen and oxygen atoms in total. The van der Waals surface area contributed by atoms with E-state index in [4.69, 9.17) is 5.11 Å². The van der Waals surface area contributed by atoms with Crippen LogP contribution in [-0.2, 0) is 0 Å². The van der Waals surface area contributed by atoms with Crippen molar-refractivity contribution in [1.82, 2.24) is 10.2 Å². The van der Waals surface area contributed by atoms with Crippen LogP contribution in [0.15, 0.2) is 18.2 Å². The first-order chi connectivity index (χ1) is 10.4. The van der Waals surface area contributed by atoms with Crippen molar-refractivity contribution in [3.63, 3.8) is 0 Å². The minimum atomic E-state index is -0.678. The number of hydrogen-bond donors (Lipinski definition) is 2. The van der Waals surface area contributed by atoms with Crippen molar-refractivity contribution in [3.8, 4) is 0 Å². The fourth-order valence-corrected chi connectivity index (χ4v) is 2.29. The Balaban J connectivity index is 2.94. The zero-order valence-corrected chi connectivity index (χ0v) is 13.3. The van der Waals surface area contributed by atoms with E-state index in [1.54, 1.807) is 0 Å². The maximum absolute atomic E-state index is 14.0. The average Bonchev–Trinajstić information content (AvgIpc) is 2.44. The molecule has 0 saturated heterocycles. The molecule has 0 aromatic heterocycles. The summed E-state index contributed by atoms with van der Waals surface area (Å²) in [5, 5.41) is 11.8. The second kappa shape index (κ2) is 8.68. The van der Waals surface area contributed by atoms with E-state index in [0.29, 0.717) is 6.54 Å². The minimum Gasteiger partial charge on any atom is -0.395 e. The lowest BCUT2D eigenvalue weighted by molar-refractivity contribution is 0.171. The maximum Gasteiger partial charge on any atom is 0.317 e. The second-order valence-electron chi connectivity index (χ2n) is 5.55. The Labute approximate surface area is 130 Å². The van der Waals surface area contributed by atoms with Gasteiger partial charge < -0.3 is 15.3 Å². The Kier molecular flexibility index (Phi) is 7.24. The summed E-state index contributed by atoms with van der Waals surface area (Å²) in [6.45, 7) is 6.22. The third kappa shape index (κ3) is 4.94. The van der Waals surface area contributed by atoms with Crippen molar-refractivity contribution >= 4 is 6.03 Å². The topological polar surface area (TPSA) is 52.6 Å². The quantitative estimate of drug-likeness (QED) is 0.812. The van der Waals surface area contributed by atoms with Gasteiger partial charge in [0, 0.05) is 24.7 Å². The van der Waals surface area contributed by atoms with Crippen LogP contribution in [0.2, 0.25) is 0 Å². The van der Waals surface area contributed by atoms with Gasteiger partial charge in [0.15, 0.2) is 0 Å². The summed E-state index contributed by atoms with van der Waals surface area (Å²) in [5.41, 5.74) is 0.255. The largest absolute Gasteiger partial charge is 0.395 e. The lowest BCUT2D eigenvalue weighted by Crippen LogP contribution is -2.44. The summed E-state index contributed by atoms with van der Waals surface area (Å²) in [4.78, 5) is 13.8. The van der Waals surface area contributed by atoms with Crippen LogP contribution in [0.5, 0.6) is 0 Å². The van der Waals surface area contributed by atoms with E-state index in [0.717, 1.165) is 12.5 Å². The molecule has 1 rings (SSSR count). The Morgan fingerprint density at radius 2 is 2.00 bits per heavy atom. The number of urea groups is 1. The first-order valence-corrected chi connectivity index (χ1v) is 7.51. The molecule has 124 valence electrons. The number of benzene rings is 1. The fraction of sp³-hybridized carbons (Fsp3) is 0.562. The van der Waals surface area contributed by atoms with Crippen molar-refractivity contribution in [1.29, 1.82) is 0 Å². The van der Waals surface area contributed by atoms with Crippen molar-refractivity contribution in [3.05, 3.63) is 35.4 Å². The number of rotatable bonds is 7. The molecule has 2 N–H and O–H groups in total. The Morgan fingerprint density at radius 1 is 1.32 bits per heavy atom. The van der Waals surface area contributed by atoms with Crippen LogP contribution in [-0.4, -0.2) is 35.7 Å². The van der Waals surface area contributed by atoms with Crippen LogP contribution < -0.4 is 5.32 Å². The number of aliphatic hydroxyl groups excluding tert-OH is 1. The van der Waals surface area contributed by atoms with E-state index >= 15 is 0 Å². The van der Waals surface area contributed by atoms with Gasteiger partial charge in [0.05, 0.1) is 12.6 Å². The Morgan fingerprint density at radius 3 is 2.50 bits per heavy atom. The van der Waals surface area contributed by atoms with E-state index in [1.165, 1.54) is 17.0 Å². The zero-order valence-electron chi connectivity index (χ0n) is 13.3. The number of carbonyl (C=O) groups excluding carboxylic acids is 1. The number of amides is 2. The summed E-state index contributed by atoms with van der Waals surface area (Å²) in [6.07, 6.45) is 0.755. The van der Waals surface area contributed by atoms with Gasteiger partial charge in [0.25, 0.3) is 0 Å². The van der Waals surface area contributed by atoms with E-state index in [1.807, 2.05) is 20.8 Å². The van der Waals surface area contributed by atoms with Crippen LogP contribution >= 0.6 is 0 Å². The predicted octanol–water partition coefficient (Wildman–Crippen LogP) is 3.08. The van der Waals surface area contributed by atoms with Gasteiger partial charge in [-0.1, -0.05) is 26.8 Å². The van der Waals surface area contributed by atoms with Gasteiger partial charge in [-0.25, -0.2) is 13.6 Å². The maximum atomic E-state index is 14.0. The molecule has 0 bridgehead atoms. The van der Waals surface area contributed by atoms with Gasteiger partial charge in [-0.05, 0) is 18.4 Å². The van der Waals surface area contributed by atoms with Gasteiger partial charge in [-0.15, -0.1) is 0 Å². The summed E-state index contributed by atoms with van der Waals surface area (Å²) in [7, 11) is 0. The number of nitrogens with zero attached hydrogens (tertiary/aromatic N) is 1. The van der Waals surface area contributed by atoms with Gasteiger partial charge >= 0.3 is 6.03 Å². The van der Waals surface area contributed by atoms with Crippen molar-refractivity contribution < 1.29 is 18.7 Å². The summed E-state index contributed by atoms with van der Waals surface area (Å²) in [6, 6.07) is 2.42. The normalized spacial score (nSPS) is 12.3. The van der Waals surface area contributed by atoms with E-state index in [-0.39, 0.29) is 30.7 Å². The van der Waals surface area contributed by atoms with Gasteiger partial charge in [0.2, 0.25) is 0 Å². The number of carbonyl (C=O) groups is 1. The molecule has 0 saturated carbocycles. The zero-order chi connectivity index (χ0) is 16.7. The first kappa shape index (κ1) is 18.4. The molecule has 0 spiro atoms. The monoisotopic (exact) mass is 314 g/mol. The number of aliphatic hydroxyl groups is 1. The summed E-state index contributed by atoms with van der Waals surface area (Å²) < 4.78 is 27.0. The minimum absolute atomic E-state index is 0.0680. The highest BCUT2D eigenvalue weighted by Crippen LogP contribution is 2.25. The molecular formula is C16H24F2N2O2. The number of nitrogens with one attached hydrogen (secondary N) is 1. The molecule has 6 heteroatoms. The molecule has 2 amide bonds. The lowest BCUT2D eigenvalue weighted by Gasteiger charge is -2.28. The highest BCUT2D eigenvalue weighted by molar-refractivity contribution is 5.74. The molecule has 0 fully saturated rings. The van der Waals surface area contributed by atoms with E-state index in [9.17, 15) is 13.6 Å². The van der Waals surface area contributed by atoms with E-state index in [2.05, 4.69) is 5.32 Å². The van der Waals surface area contributed by atoms with Crippen molar-refractivity contribution in [2.45, 2.75) is 33.2 Å². The molecule has 0 aliphatic heterocycles. The summed E-state index contributed by atoms with van der Waals surface area (Å²) in [5.74, 6) is -1.40. The SMILES string of the molecule is CCCN(CCO)C(=O)NC(c1ccc(F)cc1F)C(C)C. The Bertz CT molecular complexity index is 489.